The molecule has 0 N–H and O–H groups in total. The topological polar surface area (TPSA) is 35.0 Å². The Morgan fingerprint density at radius 3 is 2.47 bits per heavy atom. The van der Waals surface area contributed by atoms with Crippen LogP contribution in [-0.4, -0.2) is 17.3 Å². The fraction of sp³-hybridized carbons (Fsp3) is 0.231. The highest BCUT2D eigenvalue weighted by Crippen LogP contribution is 2.21. The van der Waals surface area contributed by atoms with E-state index in [9.17, 15) is 0 Å². The van der Waals surface area contributed by atoms with E-state index in [0.29, 0.717) is 10.9 Å². The van der Waals surface area contributed by atoms with Crippen LogP contribution in [0.2, 0.25) is 5.02 Å². The summed E-state index contributed by atoms with van der Waals surface area (Å²) < 4.78 is 4.96. The van der Waals surface area contributed by atoms with Crippen LogP contribution in [0.3, 0.4) is 0 Å². The fourth-order valence-corrected chi connectivity index (χ4v) is 1.77. The van der Waals surface area contributed by atoms with Crippen LogP contribution in [-0.2, 0) is 6.42 Å². The number of rotatable bonds is 3. The summed E-state index contributed by atoms with van der Waals surface area (Å²) in [5.41, 5.74) is 3.26. The first-order valence-corrected chi connectivity index (χ1v) is 5.68. The minimum absolute atomic E-state index is 0.360. The second-order valence-corrected chi connectivity index (χ2v) is 4.26. The van der Waals surface area contributed by atoms with Gasteiger partial charge < -0.3 is 4.74 Å². The molecule has 17 heavy (non-hydrogen) atoms. The van der Waals surface area contributed by atoms with Crippen molar-refractivity contribution in [3.05, 3.63) is 52.2 Å². The standard InChI is InChI=1S/C13H13ClN2O/c1-9-3-5-10(6-4-9)7-11-8-12(14)13(17-2)16-15-11/h3-6,8H,7H2,1-2H3. The summed E-state index contributed by atoms with van der Waals surface area (Å²) in [5, 5.41) is 8.47. The quantitative estimate of drug-likeness (QED) is 0.838. The van der Waals surface area contributed by atoms with Crippen LogP contribution in [0.4, 0.5) is 0 Å². The molecule has 0 aliphatic carbocycles. The van der Waals surface area contributed by atoms with Gasteiger partial charge in [-0.3, -0.25) is 0 Å². The number of halogens is 1. The zero-order chi connectivity index (χ0) is 12.3. The molecule has 0 fully saturated rings. The molecule has 0 aliphatic rings. The van der Waals surface area contributed by atoms with Gasteiger partial charge >= 0.3 is 0 Å². The number of hydrogen-bond donors (Lipinski definition) is 0. The lowest BCUT2D eigenvalue weighted by molar-refractivity contribution is 0.391. The van der Waals surface area contributed by atoms with Gasteiger partial charge in [-0.25, -0.2) is 0 Å². The molecule has 1 heterocycles. The van der Waals surface area contributed by atoms with E-state index in [4.69, 9.17) is 16.3 Å². The van der Waals surface area contributed by atoms with Gasteiger partial charge in [0.25, 0.3) is 5.88 Å². The SMILES string of the molecule is COc1nnc(Cc2ccc(C)cc2)cc1Cl. The lowest BCUT2D eigenvalue weighted by atomic mass is 10.1. The van der Waals surface area contributed by atoms with Crippen LogP contribution in [0, 0.1) is 6.92 Å². The largest absolute Gasteiger partial charge is 0.479 e. The Kier molecular flexibility index (Phi) is 3.59. The average Bonchev–Trinajstić information content (AvgIpc) is 2.32. The summed E-state index contributed by atoms with van der Waals surface area (Å²) in [7, 11) is 1.52. The Morgan fingerprint density at radius 1 is 1.18 bits per heavy atom. The summed E-state index contributed by atoms with van der Waals surface area (Å²) in [6.45, 7) is 2.06. The van der Waals surface area contributed by atoms with Crippen molar-refractivity contribution < 1.29 is 4.74 Å². The Balaban J connectivity index is 2.19. The smallest absolute Gasteiger partial charge is 0.252 e. The first-order chi connectivity index (χ1) is 8.19. The van der Waals surface area contributed by atoms with Gasteiger partial charge in [0.05, 0.1) is 12.8 Å². The summed E-state index contributed by atoms with van der Waals surface area (Å²) in [6.07, 6.45) is 0.719. The van der Waals surface area contributed by atoms with E-state index in [-0.39, 0.29) is 0 Å². The van der Waals surface area contributed by atoms with Crippen LogP contribution < -0.4 is 4.74 Å². The maximum Gasteiger partial charge on any atom is 0.252 e. The zero-order valence-electron chi connectivity index (χ0n) is 9.77. The van der Waals surface area contributed by atoms with Crippen molar-refractivity contribution in [2.45, 2.75) is 13.3 Å². The highest BCUT2D eigenvalue weighted by molar-refractivity contribution is 6.31. The van der Waals surface area contributed by atoms with Crippen LogP contribution in [0.5, 0.6) is 5.88 Å². The maximum absolute atomic E-state index is 5.99. The Bertz CT molecular complexity index is 511. The molecule has 0 atom stereocenters. The maximum atomic E-state index is 5.99. The van der Waals surface area contributed by atoms with Crippen LogP contribution in [0.25, 0.3) is 0 Å². The van der Waals surface area contributed by atoms with E-state index >= 15 is 0 Å². The predicted molar refractivity (Wildman–Crippen MR) is 67.6 cm³/mol. The molecular formula is C13H13ClN2O. The van der Waals surface area contributed by atoms with Crippen LogP contribution in [0.15, 0.2) is 30.3 Å². The lowest BCUT2D eigenvalue weighted by Gasteiger charge is -2.04. The van der Waals surface area contributed by atoms with E-state index in [1.165, 1.54) is 18.2 Å². The molecule has 0 radical (unpaired) electrons. The molecule has 0 saturated heterocycles. The second-order valence-electron chi connectivity index (χ2n) is 3.86. The molecule has 0 saturated carbocycles. The van der Waals surface area contributed by atoms with Crippen LogP contribution in [0.1, 0.15) is 16.8 Å². The average molecular weight is 249 g/mol. The van der Waals surface area contributed by atoms with E-state index in [1.807, 2.05) is 0 Å². The van der Waals surface area contributed by atoms with Crippen molar-refractivity contribution >= 4 is 11.6 Å². The minimum atomic E-state index is 0.360. The van der Waals surface area contributed by atoms with Gasteiger partial charge in [-0.05, 0) is 18.6 Å². The van der Waals surface area contributed by atoms with Gasteiger partial charge in [-0.15, -0.1) is 5.10 Å². The van der Waals surface area contributed by atoms with Crippen LogP contribution >= 0.6 is 11.6 Å². The Labute approximate surface area is 105 Å². The third-order valence-electron chi connectivity index (χ3n) is 2.47. The minimum Gasteiger partial charge on any atom is -0.479 e. The number of aryl methyl sites for hydroxylation is 1. The second kappa shape index (κ2) is 5.15. The van der Waals surface area contributed by atoms with E-state index < -0.39 is 0 Å². The molecule has 4 heteroatoms. The first-order valence-electron chi connectivity index (χ1n) is 5.30. The van der Waals surface area contributed by atoms with E-state index in [2.05, 4.69) is 41.4 Å². The van der Waals surface area contributed by atoms with Crippen molar-refractivity contribution in [3.63, 3.8) is 0 Å². The van der Waals surface area contributed by atoms with Gasteiger partial charge in [0.15, 0.2) is 0 Å². The third kappa shape index (κ3) is 2.94. The van der Waals surface area contributed by atoms with Crippen molar-refractivity contribution in [1.29, 1.82) is 0 Å². The molecule has 0 unspecified atom stereocenters. The number of benzene rings is 1. The van der Waals surface area contributed by atoms with Crippen molar-refractivity contribution in [2.75, 3.05) is 7.11 Å². The summed E-state index contributed by atoms with van der Waals surface area (Å²) in [4.78, 5) is 0. The van der Waals surface area contributed by atoms with Gasteiger partial charge in [0, 0.05) is 6.42 Å². The number of ether oxygens (including phenoxy) is 1. The summed E-state index contributed by atoms with van der Waals surface area (Å²) >= 11 is 5.99. The third-order valence-corrected chi connectivity index (χ3v) is 2.74. The van der Waals surface area contributed by atoms with Gasteiger partial charge in [-0.2, -0.15) is 5.10 Å². The predicted octanol–water partition coefficient (Wildman–Crippen LogP) is 3.04. The molecule has 88 valence electrons. The van der Waals surface area contributed by atoms with Crippen molar-refractivity contribution in [1.82, 2.24) is 10.2 Å². The molecule has 3 nitrogen and oxygen atoms in total. The lowest BCUT2D eigenvalue weighted by Crippen LogP contribution is -1.98. The van der Waals surface area contributed by atoms with Gasteiger partial charge in [0.1, 0.15) is 5.02 Å². The molecule has 0 aliphatic heterocycles. The zero-order valence-corrected chi connectivity index (χ0v) is 10.5. The molecule has 1 aromatic carbocycles. The monoisotopic (exact) mass is 248 g/mol. The fourth-order valence-electron chi connectivity index (χ4n) is 1.53. The van der Waals surface area contributed by atoms with Crippen molar-refractivity contribution in [3.8, 4) is 5.88 Å². The number of methoxy groups -OCH3 is 1. The number of hydrogen-bond acceptors (Lipinski definition) is 3. The van der Waals surface area contributed by atoms with Gasteiger partial charge in [-0.1, -0.05) is 41.4 Å². The highest BCUT2D eigenvalue weighted by Gasteiger charge is 2.05. The highest BCUT2D eigenvalue weighted by atomic mass is 35.5. The molecule has 2 rings (SSSR count). The molecule has 0 spiro atoms. The number of aromatic nitrogens is 2. The Morgan fingerprint density at radius 2 is 1.88 bits per heavy atom. The van der Waals surface area contributed by atoms with E-state index in [0.717, 1.165) is 12.1 Å². The summed E-state index contributed by atoms with van der Waals surface area (Å²) in [6, 6.07) is 10.1. The van der Waals surface area contributed by atoms with E-state index in [1.54, 1.807) is 6.07 Å². The molecule has 0 bridgehead atoms. The van der Waals surface area contributed by atoms with Crippen molar-refractivity contribution in [2.24, 2.45) is 0 Å². The molecule has 1 aromatic heterocycles. The Hall–Kier alpha value is -1.61. The summed E-state index contributed by atoms with van der Waals surface area (Å²) in [5.74, 6) is 0.360. The normalized spacial score (nSPS) is 10.3. The molecule has 2 aromatic rings. The molecule has 0 amide bonds. The molecular weight excluding hydrogens is 236 g/mol. The first kappa shape index (κ1) is 11.9. The van der Waals surface area contributed by atoms with Gasteiger partial charge in [0.2, 0.25) is 0 Å². The number of nitrogens with zero attached hydrogens (tertiary/aromatic N) is 2.